The molecule has 0 fully saturated rings. The predicted octanol–water partition coefficient (Wildman–Crippen LogP) is 4.42. The molecule has 0 spiro atoms. The smallest absolute Gasteiger partial charge is 0.205 e. The van der Waals surface area contributed by atoms with Crippen molar-refractivity contribution in [3.63, 3.8) is 0 Å². The number of hydrogen-bond donors (Lipinski definition) is 2. The highest BCUT2D eigenvalue weighted by atomic mass is 35.5. The summed E-state index contributed by atoms with van der Waals surface area (Å²) in [6.45, 7) is 0. The Kier molecular flexibility index (Phi) is 3.52. The molecule has 1 unspecified atom stereocenters. The minimum Gasteiger partial charge on any atom is -0.508 e. The summed E-state index contributed by atoms with van der Waals surface area (Å²) in [6, 6.07) is 18.4. The molecule has 3 aromatic carbocycles. The molecular weight excluding hydrogens is 336 g/mol. The van der Waals surface area contributed by atoms with Crippen LogP contribution in [0.25, 0.3) is 10.8 Å². The second-order valence-electron chi connectivity index (χ2n) is 5.90. The third-order valence-corrected chi connectivity index (χ3v) is 4.61. The van der Waals surface area contributed by atoms with Crippen molar-refractivity contribution in [2.24, 2.45) is 5.73 Å². The van der Waals surface area contributed by atoms with E-state index in [1.807, 2.05) is 30.3 Å². The summed E-state index contributed by atoms with van der Waals surface area (Å²) in [5.41, 5.74) is 8.13. The van der Waals surface area contributed by atoms with E-state index in [0.29, 0.717) is 16.3 Å². The highest BCUT2D eigenvalue weighted by Crippen LogP contribution is 2.44. The quantitative estimate of drug-likeness (QED) is 0.682. The summed E-state index contributed by atoms with van der Waals surface area (Å²) in [5, 5.41) is 21.7. The van der Waals surface area contributed by atoms with Crippen molar-refractivity contribution in [3.05, 3.63) is 82.2 Å². The molecule has 1 aliphatic heterocycles. The molecule has 0 saturated heterocycles. The van der Waals surface area contributed by atoms with Crippen LogP contribution in [0, 0.1) is 11.3 Å². The van der Waals surface area contributed by atoms with Gasteiger partial charge < -0.3 is 15.6 Å². The van der Waals surface area contributed by atoms with Gasteiger partial charge >= 0.3 is 0 Å². The van der Waals surface area contributed by atoms with Gasteiger partial charge in [-0.05, 0) is 52.7 Å². The average molecular weight is 349 g/mol. The van der Waals surface area contributed by atoms with Crippen LogP contribution in [0.1, 0.15) is 17.0 Å². The van der Waals surface area contributed by atoms with Crippen LogP contribution in [0.4, 0.5) is 0 Å². The number of nitrogens with two attached hydrogens (primary N) is 1. The summed E-state index contributed by atoms with van der Waals surface area (Å²) in [6.07, 6.45) is 0. The van der Waals surface area contributed by atoms with Gasteiger partial charge in [-0.15, -0.1) is 0 Å². The first kappa shape index (κ1) is 15.4. The third kappa shape index (κ3) is 2.55. The molecule has 1 aliphatic rings. The zero-order chi connectivity index (χ0) is 17.6. The van der Waals surface area contributed by atoms with E-state index in [4.69, 9.17) is 22.1 Å². The van der Waals surface area contributed by atoms with E-state index in [2.05, 4.69) is 6.07 Å². The molecule has 0 radical (unpaired) electrons. The molecule has 0 aliphatic carbocycles. The van der Waals surface area contributed by atoms with Gasteiger partial charge in [0.2, 0.25) is 5.88 Å². The number of ether oxygens (including phenoxy) is 1. The Hall–Kier alpha value is -3.16. The minimum atomic E-state index is -0.329. The molecule has 25 heavy (non-hydrogen) atoms. The lowest BCUT2D eigenvalue weighted by Gasteiger charge is -2.27. The van der Waals surface area contributed by atoms with Crippen LogP contribution in [0.5, 0.6) is 11.5 Å². The van der Waals surface area contributed by atoms with Gasteiger partial charge in [-0.1, -0.05) is 29.8 Å². The largest absolute Gasteiger partial charge is 0.508 e. The lowest BCUT2D eigenvalue weighted by molar-refractivity contribution is 0.394. The van der Waals surface area contributed by atoms with Crippen LogP contribution in [-0.2, 0) is 0 Å². The topological polar surface area (TPSA) is 79.3 Å². The molecule has 122 valence electrons. The summed E-state index contributed by atoms with van der Waals surface area (Å²) < 4.78 is 5.69. The highest BCUT2D eigenvalue weighted by molar-refractivity contribution is 6.30. The van der Waals surface area contributed by atoms with Crippen molar-refractivity contribution in [1.82, 2.24) is 0 Å². The number of phenols is 1. The van der Waals surface area contributed by atoms with E-state index < -0.39 is 0 Å². The number of allylic oxidation sites excluding steroid dienone is 1. The van der Waals surface area contributed by atoms with E-state index >= 15 is 0 Å². The fourth-order valence-electron chi connectivity index (χ4n) is 3.19. The average Bonchev–Trinajstić information content (AvgIpc) is 2.60. The van der Waals surface area contributed by atoms with Crippen molar-refractivity contribution in [2.75, 3.05) is 0 Å². The molecule has 4 nitrogen and oxygen atoms in total. The highest BCUT2D eigenvalue weighted by Gasteiger charge is 2.30. The molecule has 5 heteroatoms. The Bertz CT molecular complexity index is 1070. The van der Waals surface area contributed by atoms with Crippen LogP contribution in [0.15, 0.2) is 66.1 Å². The van der Waals surface area contributed by atoms with Gasteiger partial charge in [0.1, 0.15) is 23.1 Å². The normalized spacial score (nSPS) is 16.2. The lowest BCUT2D eigenvalue weighted by atomic mass is 9.82. The molecule has 3 aromatic rings. The number of benzene rings is 3. The Labute approximate surface area is 149 Å². The molecule has 3 N–H and O–H groups in total. The Morgan fingerprint density at radius 1 is 1.04 bits per heavy atom. The molecule has 4 rings (SSSR count). The van der Waals surface area contributed by atoms with Gasteiger partial charge in [0.05, 0.1) is 5.92 Å². The van der Waals surface area contributed by atoms with Gasteiger partial charge in [0, 0.05) is 10.6 Å². The maximum Gasteiger partial charge on any atom is 0.205 e. The number of nitrogens with zero attached hydrogens (tertiary/aromatic N) is 1. The summed E-state index contributed by atoms with van der Waals surface area (Å²) in [7, 11) is 0. The zero-order valence-electron chi connectivity index (χ0n) is 13.0. The van der Waals surface area contributed by atoms with Crippen LogP contribution in [0.3, 0.4) is 0 Å². The number of aromatic hydroxyl groups is 1. The summed E-state index contributed by atoms with van der Waals surface area (Å²) >= 11 is 5.99. The molecule has 1 heterocycles. The van der Waals surface area contributed by atoms with Gasteiger partial charge in [0.25, 0.3) is 0 Å². The van der Waals surface area contributed by atoms with Gasteiger partial charge in [0.15, 0.2) is 0 Å². The lowest BCUT2D eigenvalue weighted by Crippen LogP contribution is -2.21. The molecule has 0 amide bonds. The first-order valence-electron chi connectivity index (χ1n) is 7.66. The number of hydrogen-bond acceptors (Lipinski definition) is 4. The van der Waals surface area contributed by atoms with Gasteiger partial charge in [-0.25, -0.2) is 0 Å². The molecule has 0 aromatic heterocycles. The SMILES string of the molecule is N#CC1=C(N)Oc2cc3cc(O)ccc3cc2C1c1ccc(Cl)cc1. The number of halogens is 1. The molecule has 0 bridgehead atoms. The Morgan fingerprint density at radius 3 is 2.52 bits per heavy atom. The fraction of sp³-hybridized carbons (Fsp3) is 0.0500. The Morgan fingerprint density at radius 2 is 1.80 bits per heavy atom. The van der Waals surface area contributed by atoms with Crippen molar-refractivity contribution in [2.45, 2.75) is 5.92 Å². The van der Waals surface area contributed by atoms with E-state index in [1.54, 1.807) is 24.3 Å². The summed E-state index contributed by atoms with van der Waals surface area (Å²) in [5.74, 6) is 0.520. The second-order valence-corrected chi connectivity index (χ2v) is 6.33. The van der Waals surface area contributed by atoms with Crippen LogP contribution in [-0.4, -0.2) is 5.11 Å². The summed E-state index contributed by atoms with van der Waals surface area (Å²) in [4.78, 5) is 0. The number of fused-ring (bicyclic) bond motifs is 2. The van der Waals surface area contributed by atoms with Gasteiger partial charge in [-0.2, -0.15) is 5.26 Å². The van der Waals surface area contributed by atoms with Crippen molar-refractivity contribution >= 4 is 22.4 Å². The van der Waals surface area contributed by atoms with E-state index in [9.17, 15) is 10.4 Å². The van der Waals surface area contributed by atoms with Crippen LogP contribution < -0.4 is 10.5 Å². The van der Waals surface area contributed by atoms with E-state index in [0.717, 1.165) is 21.9 Å². The standard InChI is InChI=1S/C20H13ClN2O2/c21-14-4-1-11(2-5-14)19-16-8-12-3-6-15(24)7-13(12)9-18(16)25-20(23)17(19)10-22/h1-9,19,24H,23H2. The molecule has 1 atom stereocenters. The number of rotatable bonds is 1. The van der Waals surface area contributed by atoms with Crippen molar-refractivity contribution in [3.8, 4) is 17.6 Å². The number of phenolic OH excluding ortho intramolecular Hbond substituents is 1. The second kappa shape index (κ2) is 5.73. The van der Waals surface area contributed by atoms with Crippen LogP contribution >= 0.6 is 11.6 Å². The number of nitriles is 1. The predicted molar refractivity (Wildman–Crippen MR) is 96.4 cm³/mol. The maximum absolute atomic E-state index is 9.69. The molecular formula is C20H13ClN2O2. The zero-order valence-corrected chi connectivity index (χ0v) is 13.8. The molecule has 0 saturated carbocycles. The minimum absolute atomic E-state index is 0.0921. The van der Waals surface area contributed by atoms with Gasteiger partial charge in [-0.3, -0.25) is 0 Å². The first-order chi connectivity index (χ1) is 12.1. The van der Waals surface area contributed by atoms with Crippen LogP contribution in [0.2, 0.25) is 5.02 Å². The first-order valence-corrected chi connectivity index (χ1v) is 8.04. The monoisotopic (exact) mass is 348 g/mol. The van der Waals surface area contributed by atoms with E-state index in [-0.39, 0.29) is 17.6 Å². The Balaban J connectivity index is 1.98. The fourth-order valence-corrected chi connectivity index (χ4v) is 3.31. The van der Waals surface area contributed by atoms with Crippen molar-refractivity contribution in [1.29, 1.82) is 5.26 Å². The van der Waals surface area contributed by atoms with E-state index in [1.165, 1.54) is 0 Å². The van der Waals surface area contributed by atoms with Crippen molar-refractivity contribution < 1.29 is 9.84 Å². The third-order valence-electron chi connectivity index (χ3n) is 4.36. The maximum atomic E-state index is 9.69.